The molecule has 0 aliphatic carbocycles. The predicted molar refractivity (Wildman–Crippen MR) is 133 cm³/mol. The van der Waals surface area contributed by atoms with E-state index in [9.17, 15) is 19.7 Å². The van der Waals surface area contributed by atoms with E-state index in [1.165, 1.54) is 18.6 Å². The fraction of sp³-hybridized carbons (Fsp3) is 0.385. The molecule has 2 aliphatic heterocycles. The summed E-state index contributed by atoms with van der Waals surface area (Å²) in [6.45, 7) is 6.02. The quantitative estimate of drug-likeness (QED) is 0.415. The number of carbonyl (C=O) groups is 2. The Kier molecular flexibility index (Phi) is 8.40. The number of nitro benzene ring substituents is 1. The van der Waals surface area contributed by atoms with Gasteiger partial charge < -0.3 is 15.5 Å². The average Bonchev–Trinajstić information content (AvgIpc) is 2.85. The van der Waals surface area contributed by atoms with Gasteiger partial charge in [-0.3, -0.25) is 19.7 Å². The number of nitrogens with two attached hydrogens (primary N) is 1. The fourth-order valence-electron chi connectivity index (χ4n) is 4.49. The van der Waals surface area contributed by atoms with E-state index in [2.05, 4.69) is 6.07 Å². The Morgan fingerprint density at radius 2 is 1.56 bits per heavy atom. The van der Waals surface area contributed by atoms with Gasteiger partial charge >= 0.3 is 0 Å². The average molecular weight is 465 g/mol. The first-order valence-electron chi connectivity index (χ1n) is 11.6. The van der Waals surface area contributed by atoms with Crippen LogP contribution < -0.4 is 5.73 Å². The van der Waals surface area contributed by atoms with Crippen molar-refractivity contribution in [1.29, 1.82) is 0 Å². The first kappa shape index (κ1) is 25.0. The fourth-order valence-corrected chi connectivity index (χ4v) is 4.49. The zero-order chi connectivity index (χ0) is 24.7. The Hall–Kier alpha value is -3.68. The maximum absolute atomic E-state index is 11.2. The Bertz CT molecular complexity index is 1070. The minimum Gasteiger partial charge on any atom is -0.398 e. The molecule has 2 amide bonds. The molecule has 0 bridgehead atoms. The molecule has 8 nitrogen and oxygen atoms in total. The third kappa shape index (κ3) is 6.21. The smallest absolute Gasteiger partial charge is 0.276 e. The second kappa shape index (κ2) is 11.4. The minimum atomic E-state index is -0.368. The van der Waals surface area contributed by atoms with Crippen LogP contribution >= 0.6 is 0 Å². The summed E-state index contributed by atoms with van der Waals surface area (Å²) in [5, 5.41) is 11.0. The molecule has 1 fully saturated rings. The molecule has 34 heavy (non-hydrogen) atoms. The zero-order valence-corrected chi connectivity index (χ0v) is 19.8. The number of anilines is 1. The van der Waals surface area contributed by atoms with Gasteiger partial charge in [0.1, 0.15) is 0 Å². The van der Waals surface area contributed by atoms with Crippen LogP contribution in [0.1, 0.15) is 50.2 Å². The summed E-state index contributed by atoms with van der Waals surface area (Å²) in [6.07, 6.45) is 4.60. The molecule has 0 saturated carbocycles. The molecule has 2 heterocycles. The van der Waals surface area contributed by atoms with Crippen LogP contribution in [0.2, 0.25) is 0 Å². The number of piperidine rings is 1. The molecule has 8 heteroatoms. The van der Waals surface area contributed by atoms with Crippen molar-refractivity contribution in [2.45, 2.75) is 39.0 Å². The lowest BCUT2D eigenvalue weighted by Gasteiger charge is -2.32. The number of nitrogen functional groups attached to an aromatic ring is 1. The van der Waals surface area contributed by atoms with Crippen LogP contribution in [-0.2, 0) is 9.59 Å². The van der Waals surface area contributed by atoms with E-state index < -0.39 is 0 Å². The van der Waals surface area contributed by atoms with Crippen LogP contribution in [0.25, 0.3) is 5.57 Å². The van der Waals surface area contributed by atoms with E-state index in [0.29, 0.717) is 31.0 Å². The van der Waals surface area contributed by atoms with E-state index in [4.69, 9.17) is 5.73 Å². The maximum Gasteiger partial charge on any atom is 0.276 e. The summed E-state index contributed by atoms with van der Waals surface area (Å²) < 4.78 is 0. The Balaban J connectivity index is 0.000000192. The summed E-state index contributed by atoms with van der Waals surface area (Å²) in [5.74, 6) is 0.726. The topological polar surface area (TPSA) is 110 Å². The van der Waals surface area contributed by atoms with Gasteiger partial charge in [0.15, 0.2) is 0 Å². The summed E-state index contributed by atoms with van der Waals surface area (Å²) in [5.41, 5.74) is 9.81. The van der Waals surface area contributed by atoms with Crippen LogP contribution in [0.5, 0.6) is 0 Å². The second-order valence-electron chi connectivity index (χ2n) is 8.63. The number of para-hydroxylation sites is 2. The molecule has 0 spiro atoms. The number of rotatable bonds is 3. The van der Waals surface area contributed by atoms with Crippen molar-refractivity contribution in [3.05, 3.63) is 75.8 Å². The highest BCUT2D eigenvalue weighted by Crippen LogP contribution is 2.31. The number of hydrogen-bond donors (Lipinski definition) is 1. The van der Waals surface area contributed by atoms with Crippen molar-refractivity contribution in [2.24, 2.45) is 0 Å². The van der Waals surface area contributed by atoms with Gasteiger partial charge in [-0.05, 0) is 48.4 Å². The number of benzene rings is 2. The SMILES string of the molecule is CC(=O)N1CC=C(c2ccccc2[N+](=O)[O-])CC1.CC(=O)N1CCC(c2ccccc2N)CC1. The van der Waals surface area contributed by atoms with Crippen molar-refractivity contribution in [3.8, 4) is 0 Å². The number of nitrogens with zero attached hydrogens (tertiary/aromatic N) is 3. The van der Waals surface area contributed by atoms with Crippen molar-refractivity contribution in [2.75, 3.05) is 31.9 Å². The Morgan fingerprint density at radius 3 is 2.12 bits per heavy atom. The number of hydrogen-bond acceptors (Lipinski definition) is 5. The monoisotopic (exact) mass is 464 g/mol. The molecule has 0 aromatic heterocycles. The van der Waals surface area contributed by atoms with Crippen LogP contribution in [0.4, 0.5) is 11.4 Å². The van der Waals surface area contributed by atoms with Crippen LogP contribution in [0.3, 0.4) is 0 Å². The summed E-state index contributed by atoms with van der Waals surface area (Å²) >= 11 is 0. The van der Waals surface area contributed by atoms with E-state index in [1.54, 1.807) is 30.0 Å². The largest absolute Gasteiger partial charge is 0.398 e. The van der Waals surface area contributed by atoms with Crippen molar-refractivity contribution in [1.82, 2.24) is 9.80 Å². The molecule has 0 atom stereocenters. The summed E-state index contributed by atoms with van der Waals surface area (Å²) in [7, 11) is 0. The van der Waals surface area contributed by atoms with Crippen molar-refractivity contribution < 1.29 is 14.5 Å². The number of likely N-dealkylation sites (tertiary alicyclic amines) is 1. The molecule has 2 N–H and O–H groups in total. The highest BCUT2D eigenvalue weighted by molar-refractivity contribution is 5.78. The standard InChI is InChI=1S/C13H14N2O3.C13H18N2O/c1-10(16)14-8-6-11(7-9-14)12-4-2-3-5-13(12)15(17)18;1-10(16)15-8-6-11(7-9-15)12-4-2-3-5-13(12)14/h2-6H,7-9H2,1H3;2-5,11H,6-9,14H2,1H3. The molecular weight excluding hydrogens is 432 g/mol. The van der Waals surface area contributed by atoms with E-state index in [1.807, 2.05) is 29.2 Å². The van der Waals surface area contributed by atoms with Gasteiger partial charge in [0.05, 0.1) is 10.5 Å². The van der Waals surface area contributed by atoms with Gasteiger partial charge in [-0.25, -0.2) is 0 Å². The van der Waals surface area contributed by atoms with Gasteiger partial charge in [-0.2, -0.15) is 0 Å². The van der Waals surface area contributed by atoms with Crippen molar-refractivity contribution >= 4 is 28.8 Å². The lowest BCUT2D eigenvalue weighted by Crippen LogP contribution is -2.36. The summed E-state index contributed by atoms with van der Waals surface area (Å²) in [6, 6.07) is 14.8. The normalized spacial score (nSPS) is 16.2. The highest BCUT2D eigenvalue weighted by atomic mass is 16.6. The van der Waals surface area contributed by atoms with Crippen LogP contribution in [-0.4, -0.2) is 52.7 Å². The lowest BCUT2D eigenvalue weighted by atomic mass is 9.88. The molecule has 180 valence electrons. The molecule has 0 radical (unpaired) electrons. The first-order valence-corrected chi connectivity index (χ1v) is 11.6. The first-order chi connectivity index (χ1) is 16.3. The minimum absolute atomic E-state index is 0.0351. The van der Waals surface area contributed by atoms with Gasteiger partial charge in [0.2, 0.25) is 11.8 Å². The zero-order valence-electron chi connectivity index (χ0n) is 19.8. The number of nitro groups is 1. The Labute approximate surface area is 200 Å². The molecule has 4 rings (SSSR count). The van der Waals surface area contributed by atoms with Gasteiger partial charge in [0, 0.05) is 51.8 Å². The Morgan fingerprint density at radius 1 is 0.941 bits per heavy atom. The van der Waals surface area contributed by atoms with Crippen molar-refractivity contribution in [3.63, 3.8) is 0 Å². The third-order valence-electron chi connectivity index (χ3n) is 6.48. The van der Waals surface area contributed by atoms with E-state index in [-0.39, 0.29) is 22.4 Å². The molecule has 1 saturated heterocycles. The molecule has 0 unspecified atom stereocenters. The number of amides is 2. The second-order valence-corrected chi connectivity index (χ2v) is 8.63. The van der Waals surface area contributed by atoms with Crippen LogP contribution in [0.15, 0.2) is 54.6 Å². The summed E-state index contributed by atoms with van der Waals surface area (Å²) in [4.78, 5) is 36.6. The third-order valence-corrected chi connectivity index (χ3v) is 6.48. The number of carbonyl (C=O) groups excluding carboxylic acids is 2. The van der Waals surface area contributed by atoms with Crippen LogP contribution in [0, 0.1) is 10.1 Å². The van der Waals surface area contributed by atoms with Gasteiger partial charge in [-0.15, -0.1) is 0 Å². The maximum atomic E-state index is 11.2. The molecule has 2 aromatic rings. The molecule has 2 aromatic carbocycles. The van der Waals surface area contributed by atoms with E-state index >= 15 is 0 Å². The predicted octanol–water partition coefficient (Wildman–Crippen LogP) is 4.23. The molecule has 2 aliphatic rings. The van der Waals surface area contributed by atoms with Gasteiger partial charge in [-0.1, -0.05) is 36.4 Å². The van der Waals surface area contributed by atoms with E-state index in [0.717, 1.165) is 37.2 Å². The molecular formula is C26H32N4O4. The highest BCUT2D eigenvalue weighted by Gasteiger charge is 2.23. The van der Waals surface area contributed by atoms with Gasteiger partial charge in [0.25, 0.3) is 5.69 Å². The lowest BCUT2D eigenvalue weighted by molar-refractivity contribution is -0.385.